The van der Waals surface area contributed by atoms with Crippen LogP contribution in [-0.2, 0) is 0 Å². The quantitative estimate of drug-likeness (QED) is 0.763. The van der Waals surface area contributed by atoms with Crippen LogP contribution in [0.3, 0.4) is 0 Å². The fourth-order valence-corrected chi connectivity index (χ4v) is 2.36. The molecule has 1 saturated carbocycles. The van der Waals surface area contributed by atoms with E-state index in [9.17, 15) is 4.79 Å². The van der Waals surface area contributed by atoms with Gasteiger partial charge in [-0.3, -0.25) is 4.79 Å². The summed E-state index contributed by atoms with van der Waals surface area (Å²) in [6, 6.07) is 5.45. The van der Waals surface area contributed by atoms with Gasteiger partial charge in [0.05, 0.1) is 10.6 Å². The van der Waals surface area contributed by atoms with Crippen LogP contribution in [0.15, 0.2) is 18.2 Å². The molecule has 1 fully saturated rings. The van der Waals surface area contributed by atoms with Gasteiger partial charge in [0.15, 0.2) is 0 Å². The summed E-state index contributed by atoms with van der Waals surface area (Å²) in [7, 11) is 0. The van der Waals surface area contributed by atoms with Crippen LogP contribution in [0.5, 0.6) is 0 Å². The van der Waals surface area contributed by atoms with E-state index in [0.29, 0.717) is 23.0 Å². The van der Waals surface area contributed by atoms with Crippen LogP contribution in [0.1, 0.15) is 23.2 Å². The van der Waals surface area contributed by atoms with E-state index in [0.717, 1.165) is 3.57 Å². The van der Waals surface area contributed by atoms with E-state index in [-0.39, 0.29) is 24.4 Å². The van der Waals surface area contributed by atoms with Crippen molar-refractivity contribution in [3.8, 4) is 0 Å². The molecule has 1 aromatic rings. The Morgan fingerprint density at radius 3 is 2.83 bits per heavy atom. The van der Waals surface area contributed by atoms with Gasteiger partial charge in [-0.2, -0.15) is 0 Å². The van der Waals surface area contributed by atoms with E-state index < -0.39 is 0 Å². The van der Waals surface area contributed by atoms with Crippen LogP contribution >= 0.6 is 46.6 Å². The number of rotatable bonds is 4. The zero-order valence-corrected chi connectivity index (χ0v) is 13.4. The van der Waals surface area contributed by atoms with Crippen LogP contribution in [0.25, 0.3) is 0 Å². The maximum absolute atomic E-state index is 11.9. The van der Waals surface area contributed by atoms with Crippen molar-refractivity contribution in [3.63, 3.8) is 0 Å². The number of carbonyl (C=O) groups is 1. The van der Waals surface area contributed by atoms with Gasteiger partial charge in [0, 0.05) is 16.2 Å². The SMILES string of the molecule is Cl.NC(CNC(=O)c1cc(I)ccc1Cl)C1CC1. The molecule has 1 amide bonds. The first-order valence-corrected chi connectivity index (χ1v) is 7.02. The van der Waals surface area contributed by atoms with Crippen molar-refractivity contribution < 1.29 is 4.79 Å². The van der Waals surface area contributed by atoms with Gasteiger partial charge in [0.25, 0.3) is 5.91 Å². The maximum Gasteiger partial charge on any atom is 0.252 e. The van der Waals surface area contributed by atoms with Gasteiger partial charge in [0.1, 0.15) is 0 Å². The second-order valence-electron chi connectivity index (χ2n) is 4.34. The van der Waals surface area contributed by atoms with Gasteiger partial charge in [-0.05, 0) is 59.5 Å². The molecular formula is C12H15Cl2IN2O. The Morgan fingerprint density at radius 1 is 1.56 bits per heavy atom. The third-order valence-electron chi connectivity index (χ3n) is 2.90. The molecule has 18 heavy (non-hydrogen) atoms. The standard InChI is InChI=1S/C12H14ClIN2O.ClH/c13-10-4-3-8(14)5-9(10)12(17)16-6-11(15)7-1-2-7;/h3-5,7,11H,1-2,6,15H2,(H,16,17);1H. The van der Waals surface area contributed by atoms with Gasteiger partial charge >= 0.3 is 0 Å². The van der Waals surface area contributed by atoms with Crippen molar-refractivity contribution in [1.82, 2.24) is 5.32 Å². The molecule has 0 heterocycles. The summed E-state index contributed by atoms with van der Waals surface area (Å²) in [6.45, 7) is 0.519. The first-order chi connectivity index (χ1) is 8.08. The molecule has 0 bridgehead atoms. The molecule has 3 N–H and O–H groups in total. The fraction of sp³-hybridized carbons (Fsp3) is 0.417. The number of carbonyl (C=O) groups excluding carboxylic acids is 1. The monoisotopic (exact) mass is 400 g/mol. The molecule has 1 unspecified atom stereocenters. The molecule has 0 aliphatic heterocycles. The van der Waals surface area contributed by atoms with E-state index in [1.54, 1.807) is 12.1 Å². The van der Waals surface area contributed by atoms with Crippen LogP contribution in [0.2, 0.25) is 5.02 Å². The highest BCUT2D eigenvalue weighted by molar-refractivity contribution is 14.1. The van der Waals surface area contributed by atoms with Gasteiger partial charge in [-0.15, -0.1) is 12.4 Å². The number of hydrogen-bond acceptors (Lipinski definition) is 2. The molecule has 6 heteroatoms. The van der Waals surface area contributed by atoms with Crippen molar-refractivity contribution in [1.29, 1.82) is 0 Å². The zero-order valence-electron chi connectivity index (χ0n) is 9.66. The Balaban J connectivity index is 0.00000162. The average molecular weight is 401 g/mol. The van der Waals surface area contributed by atoms with Crippen LogP contribution in [0, 0.1) is 9.49 Å². The molecule has 0 aromatic heterocycles. The number of hydrogen-bond donors (Lipinski definition) is 2. The summed E-state index contributed by atoms with van der Waals surface area (Å²) in [6.07, 6.45) is 2.36. The van der Waals surface area contributed by atoms with Gasteiger partial charge in [0.2, 0.25) is 0 Å². The molecule has 100 valence electrons. The summed E-state index contributed by atoms with van der Waals surface area (Å²) in [4.78, 5) is 11.9. The summed E-state index contributed by atoms with van der Waals surface area (Å²) >= 11 is 8.14. The van der Waals surface area contributed by atoms with Crippen molar-refractivity contribution in [2.45, 2.75) is 18.9 Å². The summed E-state index contributed by atoms with van der Waals surface area (Å²) < 4.78 is 0.989. The zero-order chi connectivity index (χ0) is 12.4. The number of halogens is 3. The number of nitrogens with one attached hydrogen (secondary N) is 1. The largest absolute Gasteiger partial charge is 0.350 e. The number of amides is 1. The smallest absolute Gasteiger partial charge is 0.252 e. The van der Waals surface area contributed by atoms with Gasteiger partial charge in [-0.25, -0.2) is 0 Å². The first-order valence-electron chi connectivity index (χ1n) is 5.57. The highest BCUT2D eigenvalue weighted by Gasteiger charge is 2.28. The second-order valence-corrected chi connectivity index (χ2v) is 5.99. The minimum absolute atomic E-state index is 0. The lowest BCUT2D eigenvalue weighted by molar-refractivity contribution is 0.0950. The second kappa shape index (κ2) is 6.93. The molecule has 1 atom stereocenters. The minimum atomic E-state index is -0.149. The average Bonchev–Trinajstić information content (AvgIpc) is 3.12. The highest BCUT2D eigenvalue weighted by atomic mass is 127. The summed E-state index contributed by atoms with van der Waals surface area (Å²) in [5, 5.41) is 3.31. The van der Waals surface area contributed by atoms with Crippen LogP contribution in [0.4, 0.5) is 0 Å². The molecule has 0 spiro atoms. The predicted octanol–water partition coefficient (Wildman–Crippen LogP) is 2.83. The van der Waals surface area contributed by atoms with E-state index in [2.05, 4.69) is 27.9 Å². The van der Waals surface area contributed by atoms with Crippen molar-refractivity contribution >= 4 is 52.5 Å². The van der Waals surface area contributed by atoms with Crippen LogP contribution in [-0.4, -0.2) is 18.5 Å². The van der Waals surface area contributed by atoms with Gasteiger partial charge in [-0.1, -0.05) is 11.6 Å². The van der Waals surface area contributed by atoms with E-state index >= 15 is 0 Å². The van der Waals surface area contributed by atoms with Gasteiger partial charge < -0.3 is 11.1 Å². The topological polar surface area (TPSA) is 55.1 Å². The van der Waals surface area contributed by atoms with Crippen molar-refractivity contribution in [2.75, 3.05) is 6.54 Å². The third kappa shape index (κ3) is 4.26. The first kappa shape index (κ1) is 16.0. The van der Waals surface area contributed by atoms with Crippen LogP contribution < -0.4 is 11.1 Å². The van der Waals surface area contributed by atoms with E-state index in [1.807, 2.05) is 6.07 Å². The lowest BCUT2D eigenvalue weighted by Gasteiger charge is -2.12. The predicted molar refractivity (Wildman–Crippen MR) is 84.4 cm³/mol. The Morgan fingerprint density at radius 2 is 2.22 bits per heavy atom. The Bertz CT molecular complexity index is 438. The molecular weight excluding hydrogens is 386 g/mol. The summed E-state index contributed by atoms with van der Waals surface area (Å²) in [5.41, 5.74) is 6.44. The molecule has 1 aliphatic carbocycles. The third-order valence-corrected chi connectivity index (χ3v) is 3.90. The minimum Gasteiger partial charge on any atom is -0.350 e. The normalized spacial score (nSPS) is 15.7. The lowest BCUT2D eigenvalue weighted by atomic mass is 10.2. The van der Waals surface area contributed by atoms with E-state index in [4.69, 9.17) is 17.3 Å². The highest BCUT2D eigenvalue weighted by Crippen LogP contribution is 2.31. The maximum atomic E-state index is 11.9. The molecule has 3 nitrogen and oxygen atoms in total. The molecule has 1 aliphatic rings. The van der Waals surface area contributed by atoms with Crippen molar-refractivity contribution in [3.05, 3.63) is 32.4 Å². The summed E-state index contributed by atoms with van der Waals surface area (Å²) in [5.74, 6) is 0.436. The van der Waals surface area contributed by atoms with Crippen molar-refractivity contribution in [2.24, 2.45) is 11.7 Å². The lowest BCUT2D eigenvalue weighted by Crippen LogP contribution is -2.38. The Kier molecular flexibility index (Phi) is 6.17. The Labute approximate surface area is 131 Å². The number of benzene rings is 1. The Hall–Kier alpha value is -0.0400. The molecule has 0 saturated heterocycles. The molecule has 1 aromatic carbocycles. The number of nitrogens with two attached hydrogens (primary N) is 1. The fourth-order valence-electron chi connectivity index (χ4n) is 1.67. The molecule has 0 radical (unpaired) electrons. The van der Waals surface area contributed by atoms with E-state index in [1.165, 1.54) is 12.8 Å². The molecule has 2 rings (SSSR count).